The molecule has 0 radical (unpaired) electrons. The lowest BCUT2D eigenvalue weighted by atomic mass is 10.0. The SMILES string of the molecule is COc1ccc(-c2ccnc3c2c(C)nn3-c2ccc(C)c(Cl)c2)cc1. The summed E-state index contributed by atoms with van der Waals surface area (Å²) >= 11 is 6.30. The van der Waals surface area contributed by atoms with Gasteiger partial charge >= 0.3 is 0 Å². The Bertz CT molecular complexity index is 1100. The summed E-state index contributed by atoms with van der Waals surface area (Å²) in [5.41, 5.74) is 5.88. The highest BCUT2D eigenvalue weighted by molar-refractivity contribution is 6.31. The summed E-state index contributed by atoms with van der Waals surface area (Å²) < 4.78 is 7.11. The lowest BCUT2D eigenvalue weighted by molar-refractivity contribution is 0.415. The van der Waals surface area contributed by atoms with Gasteiger partial charge in [0.25, 0.3) is 0 Å². The fourth-order valence-corrected chi connectivity index (χ4v) is 3.29. The smallest absolute Gasteiger partial charge is 0.163 e. The molecule has 26 heavy (non-hydrogen) atoms. The molecule has 2 aromatic carbocycles. The molecule has 0 spiro atoms. The van der Waals surface area contributed by atoms with Crippen molar-refractivity contribution in [2.24, 2.45) is 0 Å². The summed E-state index contributed by atoms with van der Waals surface area (Å²) in [6.07, 6.45) is 1.81. The zero-order valence-corrected chi connectivity index (χ0v) is 15.6. The van der Waals surface area contributed by atoms with Crippen molar-refractivity contribution >= 4 is 22.6 Å². The molecule has 2 heterocycles. The van der Waals surface area contributed by atoms with E-state index in [9.17, 15) is 0 Å². The van der Waals surface area contributed by atoms with E-state index in [-0.39, 0.29) is 0 Å². The Balaban J connectivity index is 1.92. The van der Waals surface area contributed by atoms with E-state index >= 15 is 0 Å². The first-order valence-electron chi connectivity index (χ1n) is 8.34. The minimum absolute atomic E-state index is 0.718. The number of hydrogen-bond donors (Lipinski definition) is 0. The first-order chi connectivity index (χ1) is 12.6. The number of hydrogen-bond acceptors (Lipinski definition) is 3. The Morgan fingerprint density at radius 3 is 2.46 bits per heavy atom. The van der Waals surface area contributed by atoms with Crippen molar-refractivity contribution in [1.29, 1.82) is 0 Å². The van der Waals surface area contributed by atoms with Crippen LogP contribution in [0.3, 0.4) is 0 Å². The molecule has 0 saturated heterocycles. The van der Waals surface area contributed by atoms with Gasteiger partial charge in [0.05, 0.1) is 23.9 Å². The van der Waals surface area contributed by atoms with Gasteiger partial charge in [-0.2, -0.15) is 5.10 Å². The molecule has 0 bridgehead atoms. The summed E-state index contributed by atoms with van der Waals surface area (Å²) in [5, 5.41) is 6.48. The molecule has 0 amide bonds. The number of halogens is 1. The molecule has 0 atom stereocenters. The third-order valence-corrected chi connectivity index (χ3v) is 4.95. The van der Waals surface area contributed by atoms with E-state index in [1.54, 1.807) is 7.11 Å². The Hall–Kier alpha value is -2.85. The third-order valence-electron chi connectivity index (χ3n) is 4.54. The molecule has 130 valence electrons. The molecule has 0 aliphatic carbocycles. The van der Waals surface area contributed by atoms with Crippen molar-refractivity contribution in [2.75, 3.05) is 7.11 Å². The Morgan fingerprint density at radius 1 is 1.00 bits per heavy atom. The maximum absolute atomic E-state index is 6.30. The van der Waals surface area contributed by atoms with Crippen LogP contribution in [0.2, 0.25) is 5.02 Å². The summed E-state index contributed by atoms with van der Waals surface area (Å²) in [6, 6.07) is 16.0. The number of aromatic nitrogens is 3. The number of fused-ring (bicyclic) bond motifs is 1. The van der Waals surface area contributed by atoms with E-state index in [0.717, 1.165) is 49.9 Å². The second kappa shape index (κ2) is 6.46. The quantitative estimate of drug-likeness (QED) is 0.491. The monoisotopic (exact) mass is 363 g/mol. The van der Waals surface area contributed by atoms with Crippen LogP contribution in [0.25, 0.3) is 27.8 Å². The highest BCUT2D eigenvalue weighted by Crippen LogP contribution is 2.32. The molecule has 2 aromatic heterocycles. The van der Waals surface area contributed by atoms with Gasteiger partial charge in [-0.15, -0.1) is 0 Å². The maximum atomic E-state index is 6.30. The summed E-state index contributed by atoms with van der Waals surface area (Å²) in [5.74, 6) is 0.834. The second-order valence-electron chi connectivity index (χ2n) is 6.22. The Kier molecular flexibility index (Phi) is 4.13. The van der Waals surface area contributed by atoms with Gasteiger partial charge in [0.15, 0.2) is 5.65 Å². The predicted molar refractivity (Wildman–Crippen MR) is 105 cm³/mol. The van der Waals surface area contributed by atoms with Crippen LogP contribution in [-0.4, -0.2) is 21.9 Å². The van der Waals surface area contributed by atoms with Crippen molar-refractivity contribution in [1.82, 2.24) is 14.8 Å². The van der Waals surface area contributed by atoms with Crippen molar-refractivity contribution in [3.05, 3.63) is 71.0 Å². The highest BCUT2D eigenvalue weighted by Gasteiger charge is 2.15. The van der Waals surface area contributed by atoms with Gasteiger partial charge < -0.3 is 4.74 Å². The van der Waals surface area contributed by atoms with Crippen LogP contribution in [0, 0.1) is 13.8 Å². The summed E-state index contributed by atoms with van der Waals surface area (Å²) in [7, 11) is 1.67. The van der Waals surface area contributed by atoms with Crippen LogP contribution in [0.4, 0.5) is 0 Å². The molecular formula is C21H18ClN3O. The fraction of sp³-hybridized carbons (Fsp3) is 0.143. The molecule has 5 heteroatoms. The number of ether oxygens (including phenoxy) is 1. The standard InChI is InChI=1S/C21H18ClN3O/c1-13-4-7-16(12-19(13)22)25-21-20(14(2)24-25)18(10-11-23-21)15-5-8-17(26-3)9-6-15/h4-12H,1-3H3. The molecule has 0 aliphatic rings. The lowest BCUT2D eigenvalue weighted by Gasteiger charge is -2.07. The third kappa shape index (κ3) is 2.72. The van der Waals surface area contributed by atoms with E-state index in [1.807, 2.05) is 73.3 Å². The minimum atomic E-state index is 0.718. The number of benzene rings is 2. The van der Waals surface area contributed by atoms with Crippen LogP contribution in [0.5, 0.6) is 5.75 Å². The number of nitrogens with zero attached hydrogens (tertiary/aromatic N) is 3. The molecule has 0 aliphatic heterocycles. The maximum Gasteiger partial charge on any atom is 0.163 e. The zero-order valence-electron chi connectivity index (χ0n) is 14.8. The van der Waals surface area contributed by atoms with E-state index < -0.39 is 0 Å². The first-order valence-corrected chi connectivity index (χ1v) is 8.71. The number of methoxy groups -OCH3 is 1. The van der Waals surface area contributed by atoms with Crippen LogP contribution < -0.4 is 4.74 Å². The second-order valence-corrected chi connectivity index (χ2v) is 6.62. The molecule has 0 fully saturated rings. The van der Waals surface area contributed by atoms with Gasteiger partial charge in [-0.3, -0.25) is 0 Å². The van der Waals surface area contributed by atoms with Gasteiger partial charge in [-0.05, 0) is 60.9 Å². The summed E-state index contributed by atoms with van der Waals surface area (Å²) in [6.45, 7) is 3.99. The van der Waals surface area contributed by atoms with Crippen LogP contribution in [0.15, 0.2) is 54.7 Å². The van der Waals surface area contributed by atoms with Crippen molar-refractivity contribution in [3.63, 3.8) is 0 Å². The van der Waals surface area contributed by atoms with Crippen LogP contribution >= 0.6 is 11.6 Å². The first kappa shape index (κ1) is 16.6. The van der Waals surface area contributed by atoms with Gasteiger partial charge in [0.1, 0.15) is 5.75 Å². The topological polar surface area (TPSA) is 39.9 Å². The number of aryl methyl sites for hydroxylation is 2. The molecule has 0 saturated carbocycles. The molecule has 4 nitrogen and oxygen atoms in total. The normalized spacial score (nSPS) is 11.1. The highest BCUT2D eigenvalue weighted by atomic mass is 35.5. The van der Waals surface area contributed by atoms with Gasteiger partial charge in [-0.25, -0.2) is 9.67 Å². The van der Waals surface area contributed by atoms with Gasteiger partial charge in [0.2, 0.25) is 0 Å². The molecule has 4 aromatic rings. The Morgan fingerprint density at radius 2 is 1.77 bits per heavy atom. The molecule has 0 unspecified atom stereocenters. The van der Waals surface area contributed by atoms with Crippen molar-refractivity contribution in [3.8, 4) is 22.6 Å². The average Bonchev–Trinajstić information content (AvgIpc) is 3.01. The van der Waals surface area contributed by atoms with E-state index in [0.29, 0.717) is 0 Å². The van der Waals surface area contributed by atoms with E-state index in [1.165, 1.54) is 0 Å². The lowest BCUT2D eigenvalue weighted by Crippen LogP contribution is -1.98. The minimum Gasteiger partial charge on any atom is -0.497 e. The molecule has 0 N–H and O–H groups in total. The largest absolute Gasteiger partial charge is 0.497 e. The average molecular weight is 364 g/mol. The van der Waals surface area contributed by atoms with Crippen LogP contribution in [0.1, 0.15) is 11.3 Å². The van der Waals surface area contributed by atoms with E-state index in [2.05, 4.69) is 4.98 Å². The molecular weight excluding hydrogens is 346 g/mol. The van der Waals surface area contributed by atoms with Gasteiger partial charge in [-0.1, -0.05) is 29.8 Å². The van der Waals surface area contributed by atoms with Crippen molar-refractivity contribution < 1.29 is 4.74 Å². The predicted octanol–water partition coefficient (Wildman–Crippen LogP) is 5.37. The Labute approximate surface area is 157 Å². The van der Waals surface area contributed by atoms with Crippen LogP contribution in [-0.2, 0) is 0 Å². The zero-order chi connectivity index (χ0) is 18.3. The fourth-order valence-electron chi connectivity index (χ4n) is 3.12. The summed E-state index contributed by atoms with van der Waals surface area (Å²) in [4.78, 5) is 4.58. The number of pyridine rings is 1. The molecule has 4 rings (SSSR count). The van der Waals surface area contributed by atoms with Gasteiger partial charge in [0, 0.05) is 11.2 Å². The number of rotatable bonds is 3. The van der Waals surface area contributed by atoms with E-state index in [4.69, 9.17) is 21.4 Å². The van der Waals surface area contributed by atoms with Crippen molar-refractivity contribution in [2.45, 2.75) is 13.8 Å².